The van der Waals surface area contributed by atoms with Crippen LogP contribution in [-0.4, -0.2) is 24.9 Å². The average Bonchev–Trinajstić information content (AvgIpc) is 2.84. The van der Waals surface area contributed by atoms with E-state index in [9.17, 15) is 4.39 Å². The molecule has 4 rings (SSSR count). The summed E-state index contributed by atoms with van der Waals surface area (Å²) in [6.45, 7) is 9.71. The van der Waals surface area contributed by atoms with E-state index >= 15 is 0 Å². The van der Waals surface area contributed by atoms with Crippen LogP contribution in [-0.2, 0) is 22.3 Å². The largest absolute Gasteiger partial charge is 0.497 e. The van der Waals surface area contributed by atoms with Crippen LogP contribution in [0.4, 0.5) is 10.1 Å². The van der Waals surface area contributed by atoms with Gasteiger partial charge in [-0.15, -0.1) is 0 Å². The smallest absolute Gasteiger partial charge is 0.399 e. The zero-order valence-corrected chi connectivity index (χ0v) is 16.6. The van der Waals surface area contributed by atoms with Gasteiger partial charge in [-0.1, -0.05) is 30.3 Å². The fraction of sp³-hybridized carbons (Fsp3) is 0.455. The monoisotopic (exact) mass is 367 g/mol. The molecule has 0 spiro atoms. The third kappa shape index (κ3) is 3.39. The minimum atomic E-state index is -0.677. The van der Waals surface area contributed by atoms with E-state index in [0.717, 1.165) is 31.5 Å². The van der Waals surface area contributed by atoms with Crippen molar-refractivity contribution in [1.82, 2.24) is 0 Å². The Morgan fingerprint density at radius 2 is 1.74 bits per heavy atom. The Kier molecular flexibility index (Phi) is 4.56. The van der Waals surface area contributed by atoms with Crippen molar-refractivity contribution in [3.63, 3.8) is 0 Å². The molecule has 142 valence electrons. The number of nitrogens with zero attached hydrogens (tertiary/aromatic N) is 1. The van der Waals surface area contributed by atoms with Crippen molar-refractivity contribution in [1.29, 1.82) is 0 Å². The van der Waals surface area contributed by atoms with Gasteiger partial charge in [-0.25, -0.2) is 4.39 Å². The first-order valence-corrected chi connectivity index (χ1v) is 9.74. The Labute approximate surface area is 161 Å². The second-order valence-corrected chi connectivity index (χ2v) is 8.60. The maximum Gasteiger partial charge on any atom is 0.497 e. The first-order chi connectivity index (χ1) is 12.8. The standard InChI is InChI=1S/C22H27BFNO2/c1-21(2)22(3,4)27-23(26-21)18-14-16(11-12-19(18)24)15-25-13-7-9-17-8-5-6-10-20(17)25/h5-6,8,10-12,14H,7,9,13,15H2,1-4H3. The molecule has 5 heteroatoms. The Hall–Kier alpha value is -1.85. The van der Waals surface area contributed by atoms with Gasteiger partial charge in [-0.3, -0.25) is 0 Å². The van der Waals surface area contributed by atoms with Crippen molar-refractivity contribution >= 4 is 18.3 Å². The Morgan fingerprint density at radius 1 is 1.04 bits per heavy atom. The lowest BCUT2D eigenvalue weighted by Crippen LogP contribution is -2.41. The highest BCUT2D eigenvalue weighted by Crippen LogP contribution is 2.36. The number of fused-ring (bicyclic) bond motifs is 1. The van der Waals surface area contributed by atoms with Crippen LogP contribution in [0.5, 0.6) is 0 Å². The third-order valence-electron chi connectivity index (χ3n) is 6.15. The lowest BCUT2D eigenvalue weighted by atomic mass is 9.78. The molecule has 0 unspecified atom stereocenters. The number of rotatable bonds is 3. The molecular weight excluding hydrogens is 340 g/mol. The number of hydrogen-bond acceptors (Lipinski definition) is 3. The molecule has 0 N–H and O–H groups in total. The molecule has 0 amide bonds. The predicted molar refractivity (Wildman–Crippen MR) is 108 cm³/mol. The molecule has 0 radical (unpaired) electrons. The molecule has 0 aliphatic carbocycles. The van der Waals surface area contributed by atoms with Crippen molar-refractivity contribution in [3.8, 4) is 0 Å². The Bertz CT molecular complexity index is 836. The highest BCUT2D eigenvalue weighted by Gasteiger charge is 2.52. The summed E-state index contributed by atoms with van der Waals surface area (Å²) >= 11 is 0. The van der Waals surface area contributed by atoms with Crippen LogP contribution in [0, 0.1) is 5.82 Å². The van der Waals surface area contributed by atoms with Crippen molar-refractivity contribution < 1.29 is 13.7 Å². The van der Waals surface area contributed by atoms with E-state index in [1.807, 2.05) is 39.8 Å². The van der Waals surface area contributed by atoms with E-state index in [1.165, 1.54) is 17.3 Å². The molecule has 2 aliphatic heterocycles. The summed E-state index contributed by atoms with van der Waals surface area (Å²) in [4.78, 5) is 2.38. The van der Waals surface area contributed by atoms with E-state index in [-0.39, 0.29) is 5.82 Å². The molecule has 0 aromatic heterocycles. The summed E-state index contributed by atoms with van der Waals surface area (Å²) in [5.74, 6) is -0.281. The first-order valence-electron chi connectivity index (χ1n) is 9.74. The Balaban J connectivity index is 1.59. The van der Waals surface area contributed by atoms with Gasteiger partial charge >= 0.3 is 7.12 Å². The fourth-order valence-electron chi connectivity index (χ4n) is 3.84. The van der Waals surface area contributed by atoms with Gasteiger partial charge in [0.05, 0.1) is 11.2 Å². The van der Waals surface area contributed by atoms with Crippen molar-refractivity contribution in [3.05, 3.63) is 59.4 Å². The fourth-order valence-corrected chi connectivity index (χ4v) is 3.84. The number of aryl methyl sites for hydroxylation is 1. The van der Waals surface area contributed by atoms with Gasteiger partial charge in [0.15, 0.2) is 0 Å². The van der Waals surface area contributed by atoms with E-state index in [1.54, 1.807) is 0 Å². The van der Waals surface area contributed by atoms with Crippen LogP contribution < -0.4 is 10.4 Å². The molecule has 0 atom stereocenters. The summed E-state index contributed by atoms with van der Waals surface area (Å²) in [6, 6.07) is 13.8. The number of benzene rings is 2. The Morgan fingerprint density at radius 3 is 2.48 bits per heavy atom. The maximum absolute atomic E-state index is 14.6. The zero-order chi connectivity index (χ0) is 19.2. The molecule has 0 saturated carbocycles. The summed E-state index contributed by atoms with van der Waals surface area (Å²) < 4.78 is 26.7. The van der Waals surface area contributed by atoms with E-state index in [2.05, 4.69) is 29.2 Å². The average molecular weight is 367 g/mol. The van der Waals surface area contributed by atoms with E-state index < -0.39 is 18.3 Å². The maximum atomic E-state index is 14.6. The van der Waals surface area contributed by atoms with Crippen LogP contribution >= 0.6 is 0 Å². The predicted octanol–water partition coefficient (Wildman–Crippen LogP) is 4.08. The van der Waals surface area contributed by atoms with Crippen LogP contribution in [0.2, 0.25) is 0 Å². The molecule has 27 heavy (non-hydrogen) atoms. The van der Waals surface area contributed by atoms with Crippen LogP contribution in [0.25, 0.3) is 0 Å². The van der Waals surface area contributed by atoms with Gasteiger partial charge in [0.25, 0.3) is 0 Å². The first kappa shape index (κ1) is 18.5. The minimum absolute atomic E-state index is 0.281. The van der Waals surface area contributed by atoms with Gasteiger partial charge in [-0.05, 0) is 63.8 Å². The summed E-state index contributed by atoms with van der Waals surface area (Å²) in [6.07, 6.45) is 2.26. The van der Waals surface area contributed by atoms with E-state index in [0.29, 0.717) is 5.46 Å². The number of anilines is 1. The summed E-state index contributed by atoms with van der Waals surface area (Å²) in [7, 11) is -0.677. The van der Waals surface area contributed by atoms with Crippen molar-refractivity contribution in [2.45, 2.75) is 58.3 Å². The van der Waals surface area contributed by atoms with Crippen molar-refractivity contribution in [2.24, 2.45) is 0 Å². The minimum Gasteiger partial charge on any atom is -0.399 e. The third-order valence-corrected chi connectivity index (χ3v) is 6.15. The number of halogens is 1. The topological polar surface area (TPSA) is 21.7 Å². The van der Waals surface area contributed by atoms with Crippen LogP contribution in [0.1, 0.15) is 45.2 Å². The van der Waals surface area contributed by atoms with E-state index in [4.69, 9.17) is 9.31 Å². The molecule has 3 nitrogen and oxygen atoms in total. The van der Waals surface area contributed by atoms with Gasteiger partial charge < -0.3 is 14.2 Å². The highest BCUT2D eigenvalue weighted by atomic mass is 19.1. The molecular formula is C22H27BFNO2. The molecule has 2 aliphatic rings. The SMILES string of the molecule is CC1(C)OB(c2cc(CN3CCCc4ccccc43)ccc2F)OC1(C)C. The van der Waals surface area contributed by atoms with Gasteiger partial charge in [0.1, 0.15) is 5.82 Å². The molecule has 2 aromatic rings. The quantitative estimate of drug-likeness (QED) is 0.764. The lowest BCUT2D eigenvalue weighted by Gasteiger charge is -2.32. The summed E-state index contributed by atoms with van der Waals surface area (Å²) in [5, 5.41) is 0. The summed E-state index contributed by atoms with van der Waals surface area (Å²) in [5.41, 5.74) is 3.26. The second-order valence-electron chi connectivity index (χ2n) is 8.60. The lowest BCUT2D eigenvalue weighted by molar-refractivity contribution is 0.00578. The van der Waals surface area contributed by atoms with Gasteiger partial charge in [-0.2, -0.15) is 0 Å². The molecule has 2 aromatic carbocycles. The number of para-hydroxylation sites is 1. The van der Waals surface area contributed by atoms with Crippen LogP contribution in [0.15, 0.2) is 42.5 Å². The van der Waals surface area contributed by atoms with Gasteiger partial charge in [0, 0.05) is 24.2 Å². The van der Waals surface area contributed by atoms with Crippen molar-refractivity contribution in [2.75, 3.05) is 11.4 Å². The highest BCUT2D eigenvalue weighted by molar-refractivity contribution is 6.62. The molecule has 2 heterocycles. The normalized spacial score (nSPS) is 20.6. The second kappa shape index (κ2) is 6.64. The molecule has 1 saturated heterocycles. The molecule has 1 fully saturated rings. The molecule has 0 bridgehead atoms. The number of hydrogen-bond donors (Lipinski definition) is 0. The van der Waals surface area contributed by atoms with Gasteiger partial charge in [0.2, 0.25) is 0 Å². The van der Waals surface area contributed by atoms with Crippen LogP contribution in [0.3, 0.4) is 0 Å². The zero-order valence-electron chi connectivity index (χ0n) is 16.6.